The summed E-state index contributed by atoms with van der Waals surface area (Å²) in [6.07, 6.45) is 7.36. The van der Waals surface area contributed by atoms with Gasteiger partial charge in [0.05, 0.1) is 0 Å². The first-order valence-corrected chi connectivity index (χ1v) is 15.3. The van der Waals surface area contributed by atoms with E-state index in [0.717, 1.165) is 51.2 Å². The number of nitrogens with one attached hydrogen (secondary N) is 2. The SMILES string of the molecule is CC(C)CCCCCC(=O)C(C)C.CC(C)NCCCC(=O)C(C)C.CC(C)NCCN(C)C(=O)C(C)C. The highest BCUT2D eigenvalue weighted by atomic mass is 16.2. The molecule has 0 saturated heterocycles. The van der Waals surface area contributed by atoms with E-state index < -0.39 is 0 Å². The Hall–Kier alpha value is -1.27. The summed E-state index contributed by atoms with van der Waals surface area (Å²) in [5.41, 5.74) is 0. The standard InChI is InChI=1S/C12H24O.C10H22N2O.C10H21NO/c1-10(2)8-6-5-7-9-12(13)11(3)4;1-8(2)10(13)12(5)7-6-11-9(3)4;1-8(2)10(12)6-5-7-11-9(3)4/h10-11H,5-9H2,1-4H3;8-9,11H,6-7H2,1-5H3;8-9,11H,5-7H2,1-4H3. The van der Waals surface area contributed by atoms with E-state index in [4.69, 9.17) is 0 Å². The molecule has 2 N–H and O–H groups in total. The van der Waals surface area contributed by atoms with Gasteiger partial charge in [-0.25, -0.2) is 0 Å². The van der Waals surface area contributed by atoms with Gasteiger partial charge >= 0.3 is 0 Å². The number of hydrogen-bond acceptors (Lipinski definition) is 5. The molecule has 1 amide bonds. The quantitative estimate of drug-likeness (QED) is 0.184. The van der Waals surface area contributed by atoms with Crippen LogP contribution in [0.15, 0.2) is 0 Å². The lowest BCUT2D eigenvalue weighted by molar-refractivity contribution is -0.133. The molecule has 0 rings (SSSR count). The van der Waals surface area contributed by atoms with Crippen molar-refractivity contribution in [2.24, 2.45) is 23.7 Å². The fourth-order valence-corrected chi connectivity index (χ4v) is 3.33. The molecule has 6 heteroatoms. The highest BCUT2D eigenvalue weighted by Crippen LogP contribution is 2.11. The molecule has 0 radical (unpaired) electrons. The molecule has 228 valence electrons. The van der Waals surface area contributed by atoms with Crippen LogP contribution in [-0.2, 0) is 14.4 Å². The van der Waals surface area contributed by atoms with Crippen molar-refractivity contribution in [1.29, 1.82) is 0 Å². The lowest BCUT2D eigenvalue weighted by Gasteiger charge is -2.20. The second kappa shape index (κ2) is 26.0. The minimum absolute atomic E-state index is 0.101. The molecule has 6 nitrogen and oxygen atoms in total. The summed E-state index contributed by atoms with van der Waals surface area (Å²) >= 11 is 0. The van der Waals surface area contributed by atoms with Gasteiger partial charge in [0.2, 0.25) is 5.91 Å². The Morgan fingerprint density at radius 3 is 1.42 bits per heavy atom. The van der Waals surface area contributed by atoms with E-state index in [1.165, 1.54) is 19.3 Å². The van der Waals surface area contributed by atoms with Crippen LogP contribution in [0.2, 0.25) is 0 Å². The third-order valence-corrected chi connectivity index (χ3v) is 6.02. The Labute approximate surface area is 237 Å². The lowest BCUT2D eigenvalue weighted by atomic mass is 10.0. The summed E-state index contributed by atoms with van der Waals surface area (Å²) in [5.74, 6) is 2.34. The number of likely N-dealkylation sites (N-methyl/N-ethyl adjacent to an activating group) is 1. The normalized spacial score (nSPS) is 11.1. The van der Waals surface area contributed by atoms with E-state index in [1.807, 2.05) is 48.6 Å². The highest BCUT2D eigenvalue weighted by molar-refractivity contribution is 5.80. The third-order valence-electron chi connectivity index (χ3n) is 6.02. The van der Waals surface area contributed by atoms with Gasteiger partial charge in [0.1, 0.15) is 11.6 Å². The number of carbonyl (C=O) groups excluding carboxylic acids is 3. The van der Waals surface area contributed by atoms with Crippen molar-refractivity contribution in [2.75, 3.05) is 26.7 Å². The Bertz CT molecular complexity index is 584. The average Bonchev–Trinajstić information content (AvgIpc) is 2.80. The van der Waals surface area contributed by atoms with Crippen LogP contribution in [0, 0.1) is 23.7 Å². The fraction of sp³-hybridized carbons (Fsp3) is 0.906. The third kappa shape index (κ3) is 31.0. The number of nitrogens with zero attached hydrogens (tertiary/aromatic N) is 1. The molecule has 0 aliphatic carbocycles. The molecule has 0 aromatic carbocycles. The zero-order valence-electron chi connectivity index (χ0n) is 27.7. The van der Waals surface area contributed by atoms with Crippen LogP contribution in [0.3, 0.4) is 0 Å². The van der Waals surface area contributed by atoms with Gasteiger partial charge in [0, 0.05) is 62.8 Å². The van der Waals surface area contributed by atoms with Crippen molar-refractivity contribution in [3.8, 4) is 0 Å². The number of Topliss-reactive ketones (excluding diaryl/α,β-unsaturated/α-hetero) is 2. The summed E-state index contributed by atoms with van der Waals surface area (Å²) < 4.78 is 0. The average molecular weight is 542 g/mol. The molecule has 0 aliphatic rings. The van der Waals surface area contributed by atoms with Crippen molar-refractivity contribution in [3.63, 3.8) is 0 Å². The second-order valence-electron chi connectivity index (χ2n) is 12.5. The molecule has 0 saturated carbocycles. The second-order valence-corrected chi connectivity index (χ2v) is 12.5. The molecule has 0 fully saturated rings. The van der Waals surface area contributed by atoms with Crippen LogP contribution in [0.1, 0.15) is 128 Å². The zero-order valence-corrected chi connectivity index (χ0v) is 27.7. The van der Waals surface area contributed by atoms with Gasteiger partial charge in [-0.2, -0.15) is 0 Å². The number of hydrogen-bond donors (Lipinski definition) is 2. The predicted molar refractivity (Wildman–Crippen MR) is 166 cm³/mol. The largest absolute Gasteiger partial charge is 0.344 e. The van der Waals surface area contributed by atoms with Crippen molar-refractivity contribution in [1.82, 2.24) is 15.5 Å². The predicted octanol–water partition coefficient (Wildman–Crippen LogP) is 6.91. The molecule has 0 heterocycles. The van der Waals surface area contributed by atoms with Gasteiger partial charge < -0.3 is 15.5 Å². The molecule has 0 aromatic rings. The van der Waals surface area contributed by atoms with Gasteiger partial charge in [-0.3, -0.25) is 14.4 Å². The molecule has 0 bridgehead atoms. The van der Waals surface area contributed by atoms with E-state index in [0.29, 0.717) is 23.7 Å². The Kier molecular flexibility index (Phi) is 28.2. The summed E-state index contributed by atoms with van der Waals surface area (Å²) in [6.45, 7) is 27.3. The molecule has 38 heavy (non-hydrogen) atoms. The molecule has 0 atom stereocenters. The molecule has 0 unspecified atom stereocenters. The molecule has 0 spiro atoms. The first-order valence-electron chi connectivity index (χ1n) is 15.3. The smallest absolute Gasteiger partial charge is 0.224 e. The number of amides is 1. The maximum atomic E-state index is 11.4. The summed E-state index contributed by atoms with van der Waals surface area (Å²) in [6, 6.07) is 1.02. The van der Waals surface area contributed by atoms with Crippen molar-refractivity contribution in [2.45, 2.75) is 140 Å². The number of rotatable bonds is 18. The maximum Gasteiger partial charge on any atom is 0.224 e. The minimum atomic E-state index is 0.101. The van der Waals surface area contributed by atoms with Gasteiger partial charge in [0.25, 0.3) is 0 Å². The van der Waals surface area contributed by atoms with E-state index in [9.17, 15) is 14.4 Å². The van der Waals surface area contributed by atoms with E-state index >= 15 is 0 Å². The minimum Gasteiger partial charge on any atom is -0.344 e. The van der Waals surface area contributed by atoms with Crippen LogP contribution in [0.25, 0.3) is 0 Å². The van der Waals surface area contributed by atoms with Crippen LogP contribution in [0.5, 0.6) is 0 Å². The molecule has 0 aliphatic heterocycles. The lowest BCUT2D eigenvalue weighted by Crippen LogP contribution is -2.37. The molecular weight excluding hydrogens is 474 g/mol. The Morgan fingerprint density at radius 2 is 1.03 bits per heavy atom. The molecular formula is C32H67N3O3. The van der Waals surface area contributed by atoms with Gasteiger partial charge in [-0.05, 0) is 25.3 Å². The number of ketones is 2. The van der Waals surface area contributed by atoms with Crippen molar-refractivity contribution in [3.05, 3.63) is 0 Å². The summed E-state index contributed by atoms with van der Waals surface area (Å²) in [5, 5.41) is 6.56. The van der Waals surface area contributed by atoms with Crippen LogP contribution < -0.4 is 10.6 Å². The van der Waals surface area contributed by atoms with Gasteiger partial charge in [0.15, 0.2) is 0 Å². The number of carbonyl (C=O) groups is 3. The van der Waals surface area contributed by atoms with Gasteiger partial charge in [-0.1, -0.05) is 102 Å². The van der Waals surface area contributed by atoms with Crippen molar-refractivity contribution < 1.29 is 14.4 Å². The maximum absolute atomic E-state index is 11.4. The summed E-state index contributed by atoms with van der Waals surface area (Å²) in [7, 11) is 1.85. The van der Waals surface area contributed by atoms with Crippen LogP contribution in [-0.4, -0.2) is 61.1 Å². The number of unbranched alkanes of at least 4 members (excludes halogenated alkanes) is 2. The fourth-order valence-electron chi connectivity index (χ4n) is 3.33. The Morgan fingerprint density at radius 1 is 0.579 bits per heavy atom. The first-order chi connectivity index (χ1) is 17.5. The van der Waals surface area contributed by atoms with E-state index in [2.05, 4.69) is 52.2 Å². The Balaban J connectivity index is -0.000000484. The van der Waals surface area contributed by atoms with Gasteiger partial charge in [-0.15, -0.1) is 0 Å². The van der Waals surface area contributed by atoms with E-state index in [1.54, 1.807) is 4.90 Å². The van der Waals surface area contributed by atoms with Crippen LogP contribution >= 0.6 is 0 Å². The van der Waals surface area contributed by atoms with Crippen molar-refractivity contribution >= 4 is 17.5 Å². The van der Waals surface area contributed by atoms with E-state index in [-0.39, 0.29) is 23.7 Å². The monoisotopic (exact) mass is 542 g/mol. The zero-order chi connectivity index (χ0) is 30.3. The highest BCUT2D eigenvalue weighted by Gasteiger charge is 2.12. The first kappa shape index (κ1) is 41.2. The molecule has 0 aromatic heterocycles. The van der Waals surface area contributed by atoms with Crippen LogP contribution in [0.4, 0.5) is 0 Å². The summed E-state index contributed by atoms with van der Waals surface area (Å²) in [4.78, 5) is 35.6. The topological polar surface area (TPSA) is 78.5 Å².